The molecule has 3 aromatic rings. The third kappa shape index (κ3) is 5.50. The minimum atomic E-state index is -0.620. The second-order valence-corrected chi connectivity index (χ2v) is 8.11. The van der Waals surface area contributed by atoms with Gasteiger partial charge in [0.05, 0.1) is 12.8 Å². The molecule has 172 valence electrons. The van der Waals surface area contributed by atoms with E-state index < -0.39 is 11.6 Å². The summed E-state index contributed by atoms with van der Waals surface area (Å²) in [7, 11) is 1.61. The van der Waals surface area contributed by atoms with Gasteiger partial charge in [-0.2, -0.15) is 0 Å². The Kier molecular flexibility index (Phi) is 7.22. The molecule has 0 aliphatic carbocycles. The Balaban J connectivity index is 1.33. The summed E-state index contributed by atoms with van der Waals surface area (Å²) in [5.41, 5.74) is 1.80. The number of aliphatic imine (C=N–C) groups is 1. The number of aryl methyl sites for hydroxylation is 1. The van der Waals surface area contributed by atoms with Crippen molar-refractivity contribution in [2.24, 2.45) is 10.9 Å². The molecule has 0 bridgehead atoms. The van der Waals surface area contributed by atoms with Gasteiger partial charge in [-0.3, -0.25) is 4.99 Å². The number of rotatable bonds is 7. The van der Waals surface area contributed by atoms with Crippen LogP contribution in [0.15, 0.2) is 47.8 Å². The lowest BCUT2D eigenvalue weighted by molar-refractivity contribution is 0.221. The van der Waals surface area contributed by atoms with E-state index >= 15 is 0 Å². The number of nitrogens with zero attached hydrogens (tertiary/aromatic N) is 5. The van der Waals surface area contributed by atoms with Crippen LogP contribution in [-0.4, -0.2) is 47.9 Å². The van der Waals surface area contributed by atoms with E-state index in [1.54, 1.807) is 13.1 Å². The van der Waals surface area contributed by atoms with Crippen molar-refractivity contribution in [3.8, 4) is 17.0 Å². The SMILES string of the molecule is CCc1cnc(N2CCC(COc3cnc(-c4ccc(C=NC)cc4F)c(F)c3)CC2)nc1. The lowest BCUT2D eigenvalue weighted by atomic mass is 9.98. The standard InChI is InChI=1S/C25H27F2N5O/c1-3-17-13-30-25(31-14-17)32-8-6-18(7-9-32)16-33-20-11-23(27)24(29-15-20)21-5-4-19(12-28-2)10-22(21)26/h4-5,10-15,18H,3,6-9,16H2,1-2H3. The number of benzene rings is 1. The molecule has 1 fully saturated rings. The molecule has 33 heavy (non-hydrogen) atoms. The van der Waals surface area contributed by atoms with Crippen LogP contribution in [0.4, 0.5) is 14.7 Å². The van der Waals surface area contributed by atoms with E-state index in [-0.39, 0.29) is 11.3 Å². The molecule has 0 unspecified atom stereocenters. The van der Waals surface area contributed by atoms with Gasteiger partial charge in [-0.1, -0.05) is 13.0 Å². The van der Waals surface area contributed by atoms with E-state index in [9.17, 15) is 8.78 Å². The molecule has 0 N–H and O–H groups in total. The van der Waals surface area contributed by atoms with Gasteiger partial charge >= 0.3 is 0 Å². The van der Waals surface area contributed by atoms with Crippen molar-refractivity contribution in [1.82, 2.24) is 15.0 Å². The number of pyridine rings is 1. The van der Waals surface area contributed by atoms with Crippen LogP contribution in [0.3, 0.4) is 0 Å². The topological polar surface area (TPSA) is 63.5 Å². The van der Waals surface area contributed by atoms with Crippen molar-refractivity contribution in [2.45, 2.75) is 26.2 Å². The summed E-state index contributed by atoms with van der Waals surface area (Å²) < 4.78 is 34.9. The lowest BCUT2D eigenvalue weighted by Crippen LogP contribution is -2.36. The molecule has 6 nitrogen and oxygen atoms in total. The van der Waals surface area contributed by atoms with Gasteiger partial charge in [0.1, 0.15) is 17.3 Å². The molecule has 0 amide bonds. The van der Waals surface area contributed by atoms with E-state index in [2.05, 4.69) is 31.8 Å². The molecule has 1 saturated heterocycles. The molecule has 8 heteroatoms. The third-order valence-corrected chi connectivity index (χ3v) is 5.83. The Morgan fingerprint density at radius 2 is 1.82 bits per heavy atom. The molecule has 0 radical (unpaired) electrons. The Bertz CT molecular complexity index is 1110. The molecular formula is C25H27F2N5O. The van der Waals surface area contributed by atoms with Crippen LogP contribution in [0.25, 0.3) is 11.3 Å². The van der Waals surface area contributed by atoms with Gasteiger partial charge in [-0.05, 0) is 48.4 Å². The second kappa shape index (κ2) is 10.5. The van der Waals surface area contributed by atoms with E-state index in [0.717, 1.165) is 43.9 Å². The van der Waals surface area contributed by atoms with Gasteiger partial charge in [-0.25, -0.2) is 23.7 Å². The van der Waals surface area contributed by atoms with Crippen molar-refractivity contribution in [2.75, 3.05) is 31.6 Å². The minimum absolute atomic E-state index is 0.0396. The minimum Gasteiger partial charge on any atom is -0.492 e. The highest BCUT2D eigenvalue weighted by molar-refractivity contribution is 5.80. The number of ether oxygens (including phenoxy) is 1. The van der Waals surface area contributed by atoms with Crippen LogP contribution in [0.1, 0.15) is 30.9 Å². The zero-order valence-electron chi connectivity index (χ0n) is 18.8. The summed E-state index contributed by atoms with van der Waals surface area (Å²) in [5.74, 6) is 0.283. The largest absolute Gasteiger partial charge is 0.492 e. The zero-order chi connectivity index (χ0) is 23.2. The van der Waals surface area contributed by atoms with Crippen LogP contribution in [0.2, 0.25) is 0 Å². The van der Waals surface area contributed by atoms with Crippen molar-refractivity contribution < 1.29 is 13.5 Å². The fraction of sp³-hybridized carbons (Fsp3) is 0.360. The quantitative estimate of drug-likeness (QED) is 0.486. The van der Waals surface area contributed by atoms with E-state index in [0.29, 0.717) is 23.8 Å². The van der Waals surface area contributed by atoms with Gasteiger partial charge in [0.25, 0.3) is 0 Å². The van der Waals surface area contributed by atoms with Crippen LogP contribution in [-0.2, 0) is 6.42 Å². The van der Waals surface area contributed by atoms with Crippen molar-refractivity contribution in [3.63, 3.8) is 0 Å². The number of hydrogen-bond acceptors (Lipinski definition) is 6. The first-order chi connectivity index (χ1) is 16.1. The average Bonchev–Trinajstić information content (AvgIpc) is 2.84. The first-order valence-electron chi connectivity index (χ1n) is 11.1. The maximum Gasteiger partial charge on any atom is 0.225 e. The highest BCUT2D eigenvalue weighted by Gasteiger charge is 2.22. The third-order valence-electron chi connectivity index (χ3n) is 5.83. The first kappa shape index (κ1) is 22.8. The summed E-state index contributed by atoms with van der Waals surface area (Å²) in [6, 6.07) is 5.75. The van der Waals surface area contributed by atoms with Crippen molar-refractivity contribution in [3.05, 3.63) is 65.6 Å². The number of hydrogen-bond donors (Lipinski definition) is 0. The van der Waals surface area contributed by atoms with Gasteiger partial charge < -0.3 is 9.64 Å². The number of halogens is 2. The maximum atomic E-state index is 14.7. The fourth-order valence-corrected chi connectivity index (χ4v) is 3.86. The smallest absolute Gasteiger partial charge is 0.225 e. The lowest BCUT2D eigenvalue weighted by Gasteiger charge is -2.31. The summed E-state index contributed by atoms with van der Waals surface area (Å²) in [4.78, 5) is 19.1. The normalized spacial score (nSPS) is 14.7. The molecule has 1 aliphatic rings. The number of piperidine rings is 1. The Labute approximate surface area is 192 Å². The van der Waals surface area contributed by atoms with Crippen molar-refractivity contribution in [1.29, 1.82) is 0 Å². The summed E-state index contributed by atoms with van der Waals surface area (Å²) in [5, 5.41) is 0. The zero-order valence-corrected chi connectivity index (χ0v) is 18.8. The molecule has 0 spiro atoms. The monoisotopic (exact) mass is 451 g/mol. The Hall–Kier alpha value is -3.42. The Morgan fingerprint density at radius 3 is 2.45 bits per heavy atom. The number of anilines is 1. The van der Waals surface area contributed by atoms with Gasteiger partial charge in [0, 0.05) is 50.4 Å². The first-order valence-corrected chi connectivity index (χ1v) is 11.1. The van der Waals surface area contributed by atoms with Crippen LogP contribution in [0, 0.1) is 17.6 Å². The van der Waals surface area contributed by atoms with Crippen LogP contribution < -0.4 is 9.64 Å². The van der Waals surface area contributed by atoms with Crippen molar-refractivity contribution >= 4 is 12.2 Å². The molecule has 4 rings (SSSR count). The second-order valence-electron chi connectivity index (χ2n) is 8.11. The van der Waals surface area contributed by atoms with E-state index in [4.69, 9.17) is 4.74 Å². The van der Waals surface area contributed by atoms with E-state index in [1.165, 1.54) is 30.6 Å². The predicted octanol–water partition coefficient (Wildman–Crippen LogP) is 4.72. The van der Waals surface area contributed by atoms with Gasteiger partial charge in [-0.15, -0.1) is 0 Å². The molecular weight excluding hydrogens is 424 g/mol. The fourth-order valence-electron chi connectivity index (χ4n) is 3.86. The number of aromatic nitrogens is 3. The summed E-state index contributed by atoms with van der Waals surface area (Å²) in [6.07, 6.45) is 9.53. The summed E-state index contributed by atoms with van der Waals surface area (Å²) in [6.45, 7) is 4.26. The molecule has 0 atom stereocenters. The maximum absolute atomic E-state index is 14.7. The van der Waals surface area contributed by atoms with E-state index in [1.807, 2.05) is 12.4 Å². The van der Waals surface area contributed by atoms with Crippen LogP contribution in [0.5, 0.6) is 5.75 Å². The molecule has 0 saturated carbocycles. The highest BCUT2D eigenvalue weighted by atomic mass is 19.1. The molecule has 2 aromatic heterocycles. The van der Waals surface area contributed by atoms with Gasteiger partial charge in [0.2, 0.25) is 5.95 Å². The summed E-state index contributed by atoms with van der Waals surface area (Å²) >= 11 is 0. The Morgan fingerprint density at radius 1 is 1.06 bits per heavy atom. The molecule has 1 aliphatic heterocycles. The molecule has 3 heterocycles. The van der Waals surface area contributed by atoms with Crippen LogP contribution >= 0.6 is 0 Å². The average molecular weight is 452 g/mol. The predicted molar refractivity (Wildman–Crippen MR) is 125 cm³/mol. The highest BCUT2D eigenvalue weighted by Crippen LogP contribution is 2.27. The van der Waals surface area contributed by atoms with Gasteiger partial charge in [0.15, 0.2) is 5.82 Å². The molecule has 1 aromatic carbocycles.